The van der Waals surface area contributed by atoms with E-state index in [1.54, 1.807) is 6.92 Å². The zero-order valence-corrected chi connectivity index (χ0v) is 21.0. The molecule has 0 radical (unpaired) electrons. The number of aryl methyl sites for hydroxylation is 1. The highest BCUT2D eigenvalue weighted by Crippen LogP contribution is 2.32. The number of hydrogen-bond acceptors (Lipinski definition) is 3. The Morgan fingerprint density at radius 1 is 0.838 bits per heavy atom. The Balaban J connectivity index is 1.26. The highest BCUT2D eigenvalue weighted by Gasteiger charge is 2.18. The van der Waals surface area contributed by atoms with Gasteiger partial charge in [-0.05, 0) is 60.4 Å². The molecule has 1 aromatic heterocycles. The van der Waals surface area contributed by atoms with Gasteiger partial charge in [-0.25, -0.2) is 4.79 Å². The van der Waals surface area contributed by atoms with E-state index >= 15 is 0 Å². The van der Waals surface area contributed by atoms with Gasteiger partial charge in [-0.1, -0.05) is 66.7 Å². The quantitative estimate of drug-likeness (QED) is 0.202. The van der Waals surface area contributed by atoms with Gasteiger partial charge >= 0.3 is 5.97 Å². The maximum atomic E-state index is 11.3. The molecule has 0 unspecified atom stereocenters. The molecule has 1 atom stereocenters. The molecule has 5 heteroatoms. The van der Waals surface area contributed by atoms with Crippen LogP contribution in [0.3, 0.4) is 0 Å². The van der Waals surface area contributed by atoms with Gasteiger partial charge in [0.05, 0.1) is 6.61 Å². The van der Waals surface area contributed by atoms with E-state index in [0.717, 1.165) is 24.3 Å². The van der Waals surface area contributed by atoms with Crippen molar-refractivity contribution in [1.82, 2.24) is 4.57 Å². The van der Waals surface area contributed by atoms with E-state index in [9.17, 15) is 9.90 Å². The molecule has 5 nitrogen and oxygen atoms in total. The lowest BCUT2D eigenvalue weighted by atomic mass is 10.0. The van der Waals surface area contributed by atoms with Crippen LogP contribution < -0.4 is 4.74 Å². The molecule has 0 aliphatic heterocycles. The lowest BCUT2D eigenvalue weighted by Gasteiger charge is -2.13. The van der Waals surface area contributed by atoms with Crippen molar-refractivity contribution in [2.45, 2.75) is 32.4 Å². The summed E-state index contributed by atoms with van der Waals surface area (Å²) in [5, 5.41) is 11.8. The first-order chi connectivity index (χ1) is 18.1. The number of para-hydroxylation sites is 1. The van der Waals surface area contributed by atoms with Crippen molar-refractivity contribution < 1.29 is 19.4 Å². The predicted octanol–water partition coefficient (Wildman–Crippen LogP) is 6.96. The zero-order valence-electron chi connectivity index (χ0n) is 21.0. The number of rotatable bonds is 11. The molecule has 5 aromatic rings. The summed E-state index contributed by atoms with van der Waals surface area (Å²) in [6.07, 6.45) is 0.372. The molecule has 0 fully saturated rings. The van der Waals surface area contributed by atoms with E-state index in [1.807, 2.05) is 30.3 Å². The summed E-state index contributed by atoms with van der Waals surface area (Å²) < 4.78 is 13.7. The highest BCUT2D eigenvalue weighted by molar-refractivity contribution is 6.09. The second kappa shape index (κ2) is 11.3. The number of hydrogen-bond donors (Lipinski definition) is 1. The van der Waals surface area contributed by atoms with Gasteiger partial charge in [0.1, 0.15) is 5.75 Å². The minimum atomic E-state index is -0.941. The van der Waals surface area contributed by atoms with Crippen LogP contribution in [0.25, 0.3) is 32.9 Å². The lowest BCUT2D eigenvalue weighted by molar-refractivity contribution is -0.149. The number of aromatic nitrogens is 1. The Hall–Kier alpha value is -4.09. The Bertz CT molecular complexity index is 1490. The first kappa shape index (κ1) is 24.6. The highest BCUT2D eigenvalue weighted by atomic mass is 16.5. The third-order valence-corrected chi connectivity index (χ3v) is 6.66. The standard InChI is InChI=1S/C32H31NO4/c1-2-36-31(32(34)35)21-23-13-16-26(17-14-23)37-20-8-19-33-29-12-7-6-11-27(29)28-22-25(15-18-30(28)33)24-9-4-3-5-10-24/h3-7,9-18,22,31H,2,8,19-21H2,1H3,(H,34,35)/t31-/m0/s1. The van der Waals surface area contributed by atoms with E-state index in [4.69, 9.17) is 9.47 Å². The summed E-state index contributed by atoms with van der Waals surface area (Å²) in [7, 11) is 0. The van der Waals surface area contributed by atoms with Crippen LogP contribution in [0.5, 0.6) is 5.75 Å². The second-order valence-electron chi connectivity index (χ2n) is 9.10. The number of carbonyl (C=O) groups is 1. The van der Waals surface area contributed by atoms with E-state index in [0.29, 0.717) is 19.6 Å². The normalized spacial score (nSPS) is 12.1. The molecule has 0 aliphatic rings. The number of carboxylic acids is 1. The number of fused-ring (bicyclic) bond motifs is 3. The van der Waals surface area contributed by atoms with Crippen LogP contribution in [-0.2, 0) is 22.5 Å². The van der Waals surface area contributed by atoms with Crippen LogP contribution in [0, 0.1) is 0 Å². The van der Waals surface area contributed by atoms with Gasteiger partial charge in [0, 0.05) is 41.4 Å². The van der Waals surface area contributed by atoms with Gasteiger partial charge in [0.15, 0.2) is 6.10 Å². The smallest absolute Gasteiger partial charge is 0.333 e. The third kappa shape index (κ3) is 5.52. The fourth-order valence-corrected chi connectivity index (χ4v) is 4.87. The molecule has 1 N–H and O–H groups in total. The number of carboxylic acid groups (broad SMARTS) is 1. The molecule has 0 saturated heterocycles. The van der Waals surface area contributed by atoms with Crippen LogP contribution in [-0.4, -0.2) is 35.0 Å². The first-order valence-corrected chi connectivity index (χ1v) is 12.8. The van der Waals surface area contributed by atoms with Crippen molar-refractivity contribution in [3.63, 3.8) is 0 Å². The van der Waals surface area contributed by atoms with Gasteiger partial charge < -0.3 is 19.1 Å². The predicted molar refractivity (Wildman–Crippen MR) is 148 cm³/mol. The molecule has 0 bridgehead atoms. The number of benzene rings is 4. The van der Waals surface area contributed by atoms with Gasteiger partial charge in [-0.3, -0.25) is 0 Å². The summed E-state index contributed by atoms with van der Waals surface area (Å²) in [5.41, 5.74) is 5.81. The van der Waals surface area contributed by atoms with Gasteiger partial charge in [0.2, 0.25) is 0 Å². The summed E-state index contributed by atoms with van der Waals surface area (Å²) in [5.74, 6) is -0.162. The topological polar surface area (TPSA) is 60.7 Å². The molecular weight excluding hydrogens is 462 g/mol. The molecule has 0 saturated carbocycles. The van der Waals surface area contributed by atoms with Crippen LogP contribution in [0.15, 0.2) is 97.1 Å². The average Bonchev–Trinajstić information content (AvgIpc) is 3.25. The van der Waals surface area contributed by atoms with Gasteiger partial charge in [-0.15, -0.1) is 0 Å². The van der Waals surface area contributed by atoms with E-state index < -0.39 is 12.1 Å². The Morgan fingerprint density at radius 3 is 2.32 bits per heavy atom. The van der Waals surface area contributed by atoms with Crippen molar-refractivity contribution in [2.75, 3.05) is 13.2 Å². The van der Waals surface area contributed by atoms with E-state index in [1.165, 1.54) is 32.9 Å². The van der Waals surface area contributed by atoms with Gasteiger partial charge in [-0.2, -0.15) is 0 Å². The molecule has 0 amide bonds. The maximum Gasteiger partial charge on any atom is 0.333 e. The Labute approximate surface area is 216 Å². The monoisotopic (exact) mass is 493 g/mol. The Kier molecular flexibility index (Phi) is 7.52. The SMILES string of the molecule is CCO[C@@H](Cc1ccc(OCCCn2c3ccccc3c3cc(-c4ccccc4)ccc32)cc1)C(=O)O. The zero-order chi connectivity index (χ0) is 25.6. The van der Waals surface area contributed by atoms with Crippen molar-refractivity contribution in [3.8, 4) is 16.9 Å². The number of ether oxygens (including phenoxy) is 2. The molecule has 188 valence electrons. The minimum Gasteiger partial charge on any atom is -0.494 e. The minimum absolute atomic E-state index is 0.337. The van der Waals surface area contributed by atoms with E-state index in [2.05, 4.69) is 71.3 Å². The maximum absolute atomic E-state index is 11.3. The molecule has 1 heterocycles. The molecule has 0 aliphatic carbocycles. The molecule has 5 rings (SSSR count). The fourth-order valence-electron chi connectivity index (χ4n) is 4.87. The summed E-state index contributed by atoms with van der Waals surface area (Å²) >= 11 is 0. The lowest BCUT2D eigenvalue weighted by Crippen LogP contribution is -2.26. The third-order valence-electron chi connectivity index (χ3n) is 6.66. The molecule has 37 heavy (non-hydrogen) atoms. The van der Waals surface area contributed by atoms with Gasteiger partial charge in [0.25, 0.3) is 0 Å². The summed E-state index contributed by atoms with van der Waals surface area (Å²) in [6.45, 7) is 3.61. The number of nitrogens with zero attached hydrogens (tertiary/aromatic N) is 1. The number of aliphatic carboxylic acids is 1. The van der Waals surface area contributed by atoms with Crippen molar-refractivity contribution in [2.24, 2.45) is 0 Å². The van der Waals surface area contributed by atoms with Crippen molar-refractivity contribution >= 4 is 27.8 Å². The summed E-state index contributed by atoms with van der Waals surface area (Å²) in [6, 6.07) is 33.4. The average molecular weight is 494 g/mol. The molecule has 4 aromatic carbocycles. The van der Waals surface area contributed by atoms with E-state index in [-0.39, 0.29) is 0 Å². The Morgan fingerprint density at radius 2 is 1.57 bits per heavy atom. The fraction of sp³-hybridized carbons (Fsp3) is 0.219. The van der Waals surface area contributed by atoms with Crippen molar-refractivity contribution in [1.29, 1.82) is 0 Å². The van der Waals surface area contributed by atoms with Crippen LogP contribution in [0.2, 0.25) is 0 Å². The van der Waals surface area contributed by atoms with Crippen LogP contribution >= 0.6 is 0 Å². The molecular formula is C32H31NO4. The van der Waals surface area contributed by atoms with Crippen LogP contribution in [0.1, 0.15) is 18.9 Å². The summed E-state index contributed by atoms with van der Waals surface area (Å²) in [4.78, 5) is 11.3. The van der Waals surface area contributed by atoms with Crippen molar-refractivity contribution in [3.05, 3.63) is 103 Å². The second-order valence-corrected chi connectivity index (χ2v) is 9.10. The largest absolute Gasteiger partial charge is 0.494 e. The molecule has 0 spiro atoms. The van der Waals surface area contributed by atoms with Crippen LogP contribution in [0.4, 0.5) is 0 Å². The first-order valence-electron chi connectivity index (χ1n) is 12.8.